The SMILES string of the molecule is Cc1nccn1CCN1CCN(C(=O)C2CCCC2)CC1. The van der Waals surface area contributed by atoms with Crippen LogP contribution in [0.2, 0.25) is 0 Å². The fourth-order valence-electron chi connectivity index (χ4n) is 3.51. The Kier molecular flexibility index (Phi) is 4.58. The number of aryl methyl sites for hydroxylation is 1. The maximum absolute atomic E-state index is 12.4. The molecule has 3 rings (SSSR count). The van der Waals surface area contributed by atoms with E-state index >= 15 is 0 Å². The van der Waals surface area contributed by atoms with E-state index in [0.717, 1.165) is 57.9 Å². The molecule has 1 saturated carbocycles. The van der Waals surface area contributed by atoms with E-state index in [0.29, 0.717) is 11.8 Å². The van der Waals surface area contributed by atoms with E-state index in [-0.39, 0.29) is 0 Å². The molecule has 0 aromatic carbocycles. The Balaban J connectivity index is 1.42. The topological polar surface area (TPSA) is 41.4 Å². The van der Waals surface area contributed by atoms with E-state index < -0.39 is 0 Å². The Hall–Kier alpha value is -1.36. The van der Waals surface area contributed by atoms with Gasteiger partial charge in [-0.05, 0) is 19.8 Å². The first-order chi connectivity index (χ1) is 10.2. The molecule has 0 radical (unpaired) electrons. The van der Waals surface area contributed by atoms with Gasteiger partial charge >= 0.3 is 0 Å². The van der Waals surface area contributed by atoms with E-state index in [1.807, 2.05) is 19.3 Å². The van der Waals surface area contributed by atoms with Gasteiger partial charge in [0.25, 0.3) is 0 Å². The summed E-state index contributed by atoms with van der Waals surface area (Å²) >= 11 is 0. The fraction of sp³-hybridized carbons (Fsp3) is 0.750. The molecule has 2 fully saturated rings. The molecule has 21 heavy (non-hydrogen) atoms. The maximum atomic E-state index is 12.4. The second-order valence-corrected chi connectivity index (χ2v) is 6.32. The lowest BCUT2D eigenvalue weighted by molar-refractivity contribution is -0.137. The quantitative estimate of drug-likeness (QED) is 0.844. The zero-order valence-corrected chi connectivity index (χ0v) is 13.0. The summed E-state index contributed by atoms with van der Waals surface area (Å²) in [6, 6.07) is 0. The minimum Gasteiger partial charge on any atom is -0.340 e. The van der Waals surface area contributed by atoms with Crippen LogP contribution >= 0.6 is 0 Å². The summed E-state index contributed by atoms with van der Waals surface area (Å²) in [5.41, 5.74) is 0. The monoisotopic (exact) mass is 290 g/mol. The number of hydrogen-bond acceptors (Lipinski definition) is 3. The van der Waals surface area contributed by atoms with Crippen molar-refractivity contribution in [3.05, 3.63) is 18.2 Å². The second-order valence-electron chi connectivity index (χ2n) is 6.32. The molecule has 2 aliphatic rings. The number of carbonyl (C=O) groups excluding carboxylic acids is 1. The average molecular weight is 290 g/mol. The molecular weight excluding hydrogens is 264 g/mol. The Morgan fingerprint density at radius 2 is 1.90 bits per heavy atom. The number of amides is 1. The minimum atomic E-state index is 0.324. The van der Waals surface area contributed by atoms with Crippen molar-refractivity contribution < 1.29 is 4.79 Å². The summed E-state index contributed by atoms with van der Waals surface area (Å²) in [5.74, 6) is 1.81. The van der Waals surface area contributed by atoms with Crippen LogP contribution in [0.25, 0.3) is 0 Å². The van der Waals surface area contributed by atoms with Crippen LogP contribution < -0.4 is 0 Å². The van der Waals surface area contributed by atoms with Crippen molar-refractivity contribution in [3.8, 4) is 0 Å². The maximum Gasteiger partial charge on any atom is 0.225 e. The molecule has 1 aromatic rings. The van der Waals surface area contributed by atoms with Crippen LogP contribution in [-0.4, -0.2) is 58.0 Å². The van der Waals surface area contributed by atoms with Gasteiger partial charge in [0.2, 0.25) is 5.91 Å². The lowest BCUT2D eigenvalue weighted by atomic mass is 10.1. The standard InChI is InChI=1S/C16H26N4O/c1-14-17-6-7-19(14)11-8-18-9-12-20(13-10-18)16(21)15-4-2-3-5-15/h6-7,15H,2-5,8-13H2,1H3. The predicted octanol–water partition coefficient (Wildman–Crippen LogP) is 1.53. The third-order valence-corrected chi connectivity index (χ3v) is 4.97. The highest BCUT2D eigenvalue weighted by Crippen LogP contribution is 2.26. The molecule has 0 N–H and O–H groups in total. The third-order valence-electron chi connectivity index (χ3n) is 4.97. The smallest absolute Gasteiger partial charge is 0.225 e. The predicted molar refractivity (Wildman–Crippen MR) is 81.9 cm³/mol. The zero-order chi connectivity index (χ0) is 14.7. The van der Waals surface area contributed by atoms with Gasteiger partial charge in [0, 0.05) is 57.6 Å². The van der Waals surface area contributed by atoms with Crippen molar-refractivity contribution >= 4 is 5.91 Å². The Morgan fingerprint density at radius 3 is 2.52 bits per heavy atom. The number of hydrogen-bond donors (Lipinski definition) is 0. The third kappa shape index (κ3) is 3.46. The van der Waals surface area contributed by atoms with Crippen LogP contribution in [0.5, 0.6) is 0 Å². The van der Waals surface area contributed by atoms with Crippen LogP contribution in [-0.2, 0) is 11.3 Å². The van der Waals surface area contributed by atoms with Gasteiger partial charge in [-0.15, -0.1) is 0 Å². The van der Waals surface area contributed by atoms with Crippen molar-refractivity contribution in [1.29, 1.82) is 0 Å². The molecule has 1 aromatic heterocycles. The van der Waals surface area contributed by atoms with Crippen molar-refractivity contribution in [3.63, 3.8) is 0 Å². The van der Waals surface area contributed by atoms with Crippen LogP contribution in [0.4, 0.5) is 0 Å². The van der Waals surface area contributed by atoms with Crippen molar-refractivity contribution in [2.45, 2.75) is 39.2 Å². The lowest BCUT2D eigenvalue weighted by Gasteiger charge is -2.36. The number of imidazole rings is 1. The molecule has 0 bridgehead atoms. The normalized spacial score (nSPS) is 21.1. The highest BCUT2D eigenvalue weighted by molar-refractivity contribution is 5.79. The van der Waals surface area contributed by atoms with E-state index in [1.165, 1.54) is 12.8 Å². The number of carbonyl (C=O) groups is 1. The Bertz CT molecular complexity index is 470. The molecule has 5 heteroatoms. The largest absolute Gasteiger partial charge is 0.340 e. The summed E-state index contributed by atoms with van der Waals surface area (Å²) in [7, 11) is 0. The highest BCUT2D eigenvalue weighted by atomic mass is 16.2. The van der Waals surface area contributed by atoms with Crippen LogP contribution in [0.1, 0.15) is 31.5 Å². The Morgan fingerprint density at radius 1 is 1.19 bits per heavy atom. The molecule has 1 aliphatic heterocycles. The van der Waals surface area contributed by atoms with Gasteiger partial charge in [0.05, 0.1) is 0 Å². The van der Waals surface area contributed by atoms with E-state index in [2.05, 4.69) is 19.4 Å². The van der Waals surface area contributed by atoms with Gasteiger partial charge in [-0.1, -0.05) is 12.8 Å². The molecule has 1 amide bonds. The molecule has 1 saturated heterocycles. The first-order valence-electron chi connectivity index (χ1n) is 8.23. The van der Waals surface area contributed by atoms with E-state index in [4.69, 9.17) is 0 Å². The van der Waals surface area contributed by atoms with Gasteiger partial charge < -0.3 is 9.47 Å². The van der Waals surface area contributed by atoms with Gasteiger partial charge in [-0.2, -0.15) is 0 Å². The minimum absolute atomic E-state index is 0.324. The number of nitrogens with zero attached hydrogens (tertiary/aromatic N) is 4. The van der Waals surface area contributed by atoms with Crippen molar-refractivity contribution in [2.24, 2.45) is 5.92 Å². The lowest BCUT2D eigenvalue weighted by Crippen LogP contribution is -2.50. The van der Waals surface area contributed by atoms with Gasteiger partial charge in [-0.25, -0.2) is 4.98 Å². The second kappa shape index (κ2) is 6.60. The number of piperazine rings is 1. The van der Waals surface area contributed by atoms with E-state index in [1.54, 1.807) is 0 Å². The van der Waals surface area contributed by atoms with Crippen molar-refractivity contribution in [1.82, 2.24) is 19.4 Å². The van der Waals surface area contributed by atoms with Gasteiger partial charge in [-0.3, -0.25) is 9.69 Å². The molecule has 0 atom stereocenters. The zero-order valence-electron chi connectivity index (χ0n) is 13.0. The summed E-state index contributed by atoms with van der Waals surface area (Å²) in [4.78, 5) is 21.2. The molecular formula is C16H26N4O. The molecule has 0 spiro atoms. The van der Waals surface area contributed by atoms with Crippen molar-refractivity contribution in [2.75, 3.05) is 32.7 Å². The first kappa shape index (κ1) is 14.6. The molecule has 0 unspecified atom stereocenters. The summed E-state index contributed by atoms with van der Waals surface area (Å²) < 4.78 is 2.19. The molecule has 2 heterocycles. The van der Waals surface area contributed by atoms with Gasteiger partial charge in [0.15, 0.2) is 0 Å². The van der Waals surface area contributed by atoms with Gasteiger partial charge in [0.1, 0.15) is 5.82 Å². The Labute approximate surface area is 126 Å². The molecule has 1 aliphatic carbocycles. The summed E-state index contributed by atoms with van der Waals surface area (Å²) in [5, 5.41) is 0. The van der Waals surface area contributed by atoms with Crippen LogP contribution in [0.3, 0.4) is 0 Å². The average Bonchev–Trinajstić information content (AvgIpc) is 3.17. The van der Waals surface area contributed by atoms with Crippen LogP contribution in [0.15, 0.2) is 12.4 Å². The van der Waals surface area contributed by atoms with Crippen LogP contribution in [0, 0.1) is 12.8 Å². The molecule has 116 valence electrons. The number of rotatable bonds is 4. The first-order valence-corrected chi connectivity index (χ1v) is 8.23. The van der Waals surface area contributed by atoms with E-state index in [9.17, 15) is 4.79 Å². The summed E-state index contributed by atoms with van der Waals surface area (Å²) in [6.45, 7) is 7.89. The number of aromatic nitrogens is 2. The molecule has 5 nitrogen and oxygen atoms in total. The summed E-state index contributed by atoms with van der Waals surface area (Å²) in [6.07, 6.45) is 8.59. The fourth-order valence-corrected chi connectivity index (χ4v) is 3.51. The highest BCUT2D eigenvalue weighted by Gasteiger charge is 2.29.